The maximum absolute atomic E-state index is 12.6. The van der Waals surface area contributed by atoms with Crippen molar-refractivity contribution >= 4 is 38.0 Å². The highest BCUT2D eigenvalue weighted by Crippen LogP contribution is 2.37. The molecule has 1 aliphatic heterocycles. The second-order valence-electron chi connectivity index (χ2n) is 9.62. The molecule has 0 saturated carbocycles. The van der Waals surface area contributed by atoms with Crippen LogP contribution in [0.3, 0.4) is 0 Å². The van der Waals surface area contributed by atoms with Gasteiger partial charge in [0.15, 0.2) is 0 Å². The summed E-state index contributed by atoms with van der Waals surface area (Å²) in [6, 6.07) is 14.6. The molecule has 5 nitrogen and oxygen atoms in total. The molecule has 2 aromatic rings. The van der Waals surface area contributed by atoms with E-state index in [1.54, 1.807) is 4.90 Å². The van der Waals surface area contributed by atoms with Gasteiger partial charge in [-0.25, -0.2) is 4.79 Å². The van der Waals surface area contributed by atoms with Gasteiger partial charge in [0.2, 0.25) is 0 Å². The lowest BCUT2D eigenvalue weighted by Gasteiger charge is -2.42. The normalized spacial score (nSPS) is 17.0. The van der Waals surface area contributed by atoms with Crippen molar-refractivity contribution in [2.45, 2.75) is 58.2 Å². The third-order valence-electron chi connectivity index (χ3n) is 5.90. The van der Waals surface area contributed by atoms with Gasteiger partial charge in [-0.15, -0.1) is 0 Å². The first kappa shape index (κ1) is 26.2. The van der Waals surface area contributed by atoms with E-state index in [-0.39, 0.29) is 18.2 Å². The number of piperazine rings is 1. The number of hydrogen-bond acceptors (Lipinski definition) is 4. The van der Waals surface area contributed by atoms with Gasteiger partial charge in [0.25, 0.3) is 0 Å². The molecule has 0 bridgehead atoms. The molecule has 2 atom stereocenters. The summed E-state index contributed by atoms with van der Waals surface area (Å²) < 4.78 is 7.71. The minimum absolute atomic E-state index is 0.0154. The summed E-state index contributed by atoms with van der Waals surface area (Å²) in [5, 5.41) is 0. The van der Waals surface area contributed by atoms with Crippen LogP contribution in [0.15, 0.2) is 51.4 Å². The van der Waals surface area contributed by atoms with E-state index in [2.05, 4.69) is 74.0 Å². The average Bonchev–Trinajstić information content (AvgIpc) is 2.75. The summed E-state index contributed by atoms with van der Waals surface area (Å²) in [7, 11) is 0. The molecule has 1 amide bonds. The Balaban J connectivity index is 1.89. The lowest BCUT2D eigenvalue weighted by Crippen LogP contribution is -2.52. The maximum Gasteiger partial charge on any atom is 0.410 e. The quantitative estimate of drug-likeness (QED) is 0.426. The summed E-state index contributed by atoms with van der Waals surface area (Å²) in [6.07, 6.45) is 1.82. The van der Waals surface area contributed by atoms with Crippen molar-refractivity contribution in [1.82, 2.24) is 9.80 Å². The summed E-state index contributed by atoms with van der Waals surface area (Å²) >= 11 is 7.17. The van der Waals surface area contributed by atoms with Crippen molar-refractivity contribution in [2.24, 2.45) is 5.73 Å². The van der Waals surface area contributed by atoms with Crippen LogP contribution in [0.4, 0.5) is 4.79 Å². The van der Waals surface area contributed by atoms with E-state index < -0.39 is 5.60 Å². The first-order valence-corrected chi connectivity index (χ1v) is 13.2. The molecule has 180 valence electrons. The Morgan fingerprint density at radius 2 is 1.64 bits per heavy atom. The number of carbonyl (C=O) groups excluding carboxylic acids is 1. The van der Waals surface area contributed by atoms with E-state index in [4.69, 9.17) is 10.5 Å². The van der Waals surface area contributed by atoms with Crippen LogP contribution in [0.5, 0.6) is 0 Å². The Labute approximate surface area is 214 Å². The van der Waals surface area contributed by atoms with Gasteiger partial charge in [-0.1, -0.05) is 63.4 Å². The van der Waals surface area contributed by atoms with Gasteiger partial charge in [-0.05, 0) is 68.1 Å². The van der Waals surface area contributed by atoms with Crippen LogP contribution in [-0.4, -0.2) is 47.7 Å². The fourth-order valence-corrected chi connectivity index (χ4v) is 5.02. The molecule has 1 fully saturated rings. The number of amides is 1. The minimum Gasteiger partial charge on any atom is -0.444 e. The van der Waals surface area contributed by atoms with E-state index in [0.29, 0.717) is 13.1 Å². The third-order valence-corrected chi connectivity index (χ3v) is 6.92. The highest BCUT2D eigenvalue weighted by Gasteiger charge is 2.34. The van der Waals surface area contributed by atoms with Gasteiger partial charge in [0.1, 0.15) is 5.60 Å². The van der Waals surface area contributed by atoms with Crippen LogP contribution >= 0.6 is 31.9 Å². The smallest absolute Gasteiger partial charge is 0.410 e. The molecule has 7 heteroatoms. The molecule has 1 aliphatic rings. The number of aryl methyl sites for hydroxylation is 1. The molecule has 2 unspecified atom stereocenters. The zero-order chi connectivity index (χ0) is 24.2. The number of hydrogen-bond donors (Lipinski definition) is 1. The molecule has 1 saturated heterocycles. The average molecular weight is 581 g/mol. The molecule has 3 rings (SSSR count). The largest absolute Gasteiger partial charge is 0.444 e. The highest BCUT2D eigenvalue weighted by molar-refractivity contribution is 9.10. The van der Waals surface area contributed by atoms with Crippen molar-refractivity contribution in [2.75, 3.05) is 26.2 Å². The Hall–Kier alpha value is -1.41. The molecule has 0 aliphatic carbocycles. The maximum atomic E-state index is 12.6. The van der Waals surface area contributed by atoms with E-state index in [1.807, 2.05) is 32.9 Å². The molecular weight excluding hydrogens is 546 g/mol. The number of carbonyl (C=O) groups is 1. The fourth-order valence-electron chi connectivity index (χ4n) is 4.34. The van der Waals surface area contributed by atoms with Gasteiger partial charge < -0.3 is 15.4 Å². The number of benzene rings is 2. The zero-order valence-corrected chi connectivity index (χ0v) is 23.2. The molecule has 0 aromatic heterocycles. The zero-order valence-electron chi connectivity index (χ0n) is 20.0. The summed E-state index contributed by atoms with van der Waals surface area (Å²) in [5.74, 6) is 0. The first-order valence-electron chi connectivity index (χ1n) is 11.6. The van der Waals surface area contributed by atoms with Gasteiger partial charge in [0.05, 0.1) is 6.04 Å². The Morgan fingerprint density at radius 3 is 2.21 bits per heavy atom. The summed E-state index contributed by atoms with van der Waals surface area (Å²) in [6.45, 7) is 10.6. The number of halogens is 2. The van der Waals surface area contributed by atoms with Gasteiger partial charge >= 0.3 is 6.09 Å². The van der Waals surface area contributed by atoms with E-state index >= 15 is 0 Å². The van der Waals surface area contributed by atoms with Crippen molar-refractivity contribution in [1.29, 1.82) is 0 Å². The number of rotatable bonds is 6. The molecule has 0 spiro atoms. The fraction of sp³-hybridized carbons (Fsp3) is 0.500. The molecule has 2 aromatic carbocycles. The Morgan fingerprint density at radius 1 is 1.03 bits per heavy atom. The Kier molecular flexibility index (Phi) is 9.01. The van der Waals surface area contributed by atoms with E-state index in [9.17, 15) is 4.79 Å². The highest BCUT2D eigenvalue weighted by atomic mass is 79.9. The third kappa shape index (κ3) is 7.04. The molecule has 1 heterocycles. The van der Waals surface area contributed by atoms with Crippen LogP contribution in [0.2, 0.25) is 0 Å². The van der Waals surface area contributed by atoms with Crippen LogP contribution in [0, 0.1) is 0 Å². The van der Waals surface area contributed by atoms with E-state index in [0.717, 1.165) is 40.4 Å². The lowest BCUT2D eigenvalue weighted by molar-refractivity contribution is 0.00866. The summed E-state index contributed by atoms with van der Waals surface area (Å²) in [5.41, 5.74) is 10.1. The molecule has 0 radical (unpaired) electrons. The van der Waals surface area contributed by atoms with Crippen LogP contribution in [0.1, 0.15) is 62.9 Å². The SMILES string of the molecule is CCCc1cc(Br)ccc1C(C(N)c1ccc(Br)cc1)N1CCN(C(=O)OC(C)(C)C)CC1. The van der Waals surface area contributed by atoms with Gasteiger partial charge in [-0.3, -0.25) is 4.90 Å². The van der Waals surface area contributed by atoms with Crippen molar-refractivity contribution in [3.05, 3.63) is 68.1 Å². The number of nitrogens with zero attached hydrogens (tertiary/aromatic N) is 2. The topological polar surface area (TPSA) is 58.8 Å². The van der Waals surface area contributed by atoms with Crippen molar-refractivity contribution in [3.8, 4) is 0 Å². The van der Waals surface area contributed by atoms with Crippen LogP contribution in [0.25, 0.3) is 0 Å². The number of ether oxygens (including phenoxy) is 1. The van der Waals surface area contributed by atoms with Gasteiger partial charge in [0, 0.05) is 41.2 Å². The molecule has 2 N–H and O–H groups in total. The molecular formula is C26H35Br2N3O2. The molecule has 33 heavy (non-hydrogen) atoms. The minimum atomic E-state index is -0.493. The van der Waals surface area contributed by atoms with E-state index in [1.165, 1.54) is 11.1 Å². The van der Waals surface area contributed by atoms with Crippen molar-refractivity contribution in [3.63, 3.8) is 0 Å². The predicted molar refractivity (Wildman–Crippen MR) is 141 cm³/mol. The van der Waals surface area contributed by atoms with Crippen LogP contribution in [-0.2, 0) is 11.2 Å². The number of nitrogens with two attached hydrogens (primary N) is 1. The van der Waals surface area contributed by atoms with Crippen molar-refractivity contribution < 1.29 is 9.53 Å². The summed E-state index contributed by atoms with van der Waals surface area (Å²) in [4.78, 5) is 16.8. The second-order valence-corrected chi connectivity index (χ2v) is 11.5. The van der Waals surface area contributed by atoms with Crippen LogP contribution < -0.4 is 5.73 Å². The second kappa shape index (κ2) is 11.3. The van der Waals surface area contributed by atoms with Gasteiger partial charge in [-0.2, -0.15) is 0 Å². The standard InChI is InChI=1S/C26H35Br2N3O2/c1-5-6-19-17-21(28)11-12-22(19)24(23(29)18-7-9-20(27)10-8-18)30-13-15-31(16-14-30)25(32)33-26(2,3)4/h7-12,17,23-24H,5-6,13-16,29H2,1-4H3. The monoisotopic (exact) mass is 579 g/mol. The Bertz CT molecular complexity index is 936. The first-order chi connectivity index (χ1) is 15.6. The lowest BCUT2D eigenvalue weighted by atomic mass is 9.88. The predicted octanol–water partition coefficient (Wildman–Crippen LogP) is 6.46.